The highest BCUT2D eigenvalue weighted by Crippen LogP contribution is 2.17. The fourth-order valence-corrected chi connectivity index (χ4v) is 3.72. The number of halogens is 2. The van der Waals surface area contributed by atoms with E-state index in [-0.39, 0.29) is 24.8 Å². The van der Waals surface area contributed by atoms with E-state index in [1.54, 1.807) is 0 Å². The van der Waals surface area contributed by atoms with E-state index in [1.165, 1.54) is 12.0 Å². The molecular formula is C20H33Cl2N3O2. The van der Waals surface area contributed by atoms with Gasteiger partial charge in [0.2, 0.25) is 5.91 Å². The Morgan fingerprint density at radius 3 is 2.44 bits per heavy atom. The second kappa shape index (κ2) is 12.4. The summed E-state index contributed by atoms with van der Waals surface area (Å²) in [5.41, 5.74) is 1.30. The number of benzene rings is 1. The average Bonchev–Trinajstić information content (AvgIpc) is 3.16. The molecule has 0 bridgehead atoms. The third kappa shape index (κ3) is 7.49. The number of rotatable bonds is 7. The SMILES string of the molecule is CCOc1ccc(CN2CCN(C(=O)CCC3CCNC3)CC2)cc1.Cl.Cl. The third-order valence-corrected chi connectivity index (χ3v) is 5.29. The zero-order chi connectivity index (χ0) is 17.5. The normalized spacial score (nSPS) is 19.9. The van der Waals surface area contributed by atoms with Gasteiger partial charge < -0.3 is 15.0 Å². The van der Waals surface area contributed by atoms with Crippen LogP contribution in [0.2, 0.25) is 0 Å². The molecular weight excluding hydrogens is 385 g/mol. The van der Waals surface area contributed by atoms with Gasteiger partial charge in [-0.2, -0.15) is 0 Å². The van der Waals surface area contributed by atoms with E-state index in [4.69, 9.17) is 4.74 Å². The van der Waals surface area contributed by atoms with Crippen molar-refractivity contribution in [2.45, 2.75) is 32.7 Å². The number of piperazine rings is 1. The maximum Gasteiger partial charge on any atom is 0.222 e. The van der Waals surface area contributed by atoms with E-state index < -0.39 is 0 Å². The molecule has 2 heterocycles. The van der Waals surface area contributed by atoms with Gasteiger partial charge in [-0.05, 0) is 56.5 Å². The van der Waals surface area contributed by atoms with Crippen molar-refractivity contribution in [3.05, 3.63) is 29.8 Å². The second-order valence-electron chi connectivity index (χ2n) is 7.13. The molecule has 2 aliphatic heterocycles. The number of amides is 1. The Labute approximate surface area is 175 Å². The first kappa shape index (κ1) is 24.0. The van der Waals surface area contributed by atoms with Crippen LogP contribution in [0.4, 0.5) is 0 Å². The Balaban J connectivity index is 0.00000182. The van der Waals surface area contributed by atoms with Crippen LogP contribution in [0.5, 0.6) is 5.75 Å². The summed E-state index contributed by atoms with van der Waals surface area (Å²) >= 11 is 0. The smallest absolute Gasteiger partial charge is 0.222 e. The lowest BCUT2D eigenvalue weighted by atomic mass is 10.0. The van der Waals surface area contributed by atoms with Gasteiger partial charge in [-0.1, -0.05) is 12.1 Å². The van der Waals surface area contributed by atoms with Crippen LogP contribution in [0.1, 0.15) is 31.7 Å². The van der Waals surface area contributed by atoms with Gasteiger partial charge in [-0.25, -0.2) is 0 Å². The molecule has 1 aromatic carbocycles. The lowest BCUT2D eigenvalue weighted by molar-refractivity contribution is -0.133. The molecule has 0 saturated carbocycles. The molecule has 154 valence electrons. The van der Waals surface area contributed by atoms with Gasteiger partial charge in [0, 0.05) is 39.1 Å². The standard InChI is InChI=1S/C20H31N3O2.2ClH/c1-2-25-19-6-3-18(4-7-19)16-22-11-13-23(14-12-22)20(24)8-5-17-9-10-21-15-17;;/h3-4,6-7,17,21H,2,5,8-16H2,1H3;2*1H. The summed E-state index contributed by atoms with van der Waals surface area (Å²) in [7, 11) is 0. The maximum atomic E-state index is 12.4. The summed E-state index contributed by atoms with van der Waals surface area (Å²) in [5.74, 6) is 1.97. The van der Waals surface area contributed by atoms with Gasteiger partial charge in [0.15, 0.2) is 0 Å². The fraction of sp³-hybridized carbons (Fsp3) is 0.650. The van der Waals surface area contributed by atoms with E-state index in [2.05, 4.69) is 27.2 Å². The van der Waals surface area contributed by atoms with Crippen molar-refractivity contribution < 1.29 is 9.53 Å². The van der Waals surface area contributed by atoms with Crippen molar-refractivity contribution >= 4 is 30.7 Å². The van der Waals surface area contributed by atoms with Gasteiger partial charge in [-0.3, -0.25) is 9.69 Å². The number of nitrogens with zero attached hydrogens (tertiary/aromatic N) is 2. The van der Waals surface area contributed by atoms with Crippen LogP contribution < -0.4 is 10.1 Å². The van der Waals surface area contributed by atoms with Gasteiger partial charge in [0.25, 0.3) is 0 Å². The molecule has 7 heteroatoms. The van der Waals surface area contributed by atoms with Gasteiger partial charge >= 0.3 is 0 Å². The second-order valence-corrected chi connectivity index (χ2v) is 7.13. The number of hydrogen-bond acceptors (Lipinski definition) is 4. The quantitative estimate of drug-likeness (QED) is 0.740. The highest BCUT2D eigenvalue weighted by Gasteiger charge is 2.22. The molecule has 0 aromatic heterocycles. The predicted molar refractivity (Wildman–Crippen MR) is 114 cm³/mol. The van der Waals surface area contributed by atoms with Crippen LogP contribution in [0.3, 0.4) is 0 Å². The van der Waals surface area contributed by atoms with Crippen LogP contribution in [-0.2, 0) is 11.3 Å². The number of carbonyl (C=O) groups is 1. The first-order valence-electron chi connectivity index (χ1n) is 9.67. The van der Waals surface area contributed by atoms with Gasteiger partial charge in [0.05, 0.1) is 6.61 Å². The highest BCUT2D eigenvalue weighted by molar-refractivity contribution is 5.85. The van der Waals surface area contributed by atoms with Crippen LogP contribution in [0, 0.1) is 5.92 Å². The molecule has 3 rings (SSSR count). The fourth-order valence-electron chi connectivity index (χ4n) is 3.72. The minimum atomic E-state index is 0. The highest BCUT2D eigenvalue weighted by atomic mass is 35.5. The molecule has 27 heavy (non-hydrogen) atoms. The van der Waals surface area contributed by atoms with E-state index >= 15 is 0 Å². The van der Waals surface area contributed by atoms with Crippen molar-refractivity contribution in [3.63, 3.8) is 0 Å². The lowest BCUT2D eigenvalue weighted by Gasteiger charge is -2.35. The zero-order valence-corrected chi connectivity index (χ0v) is 17.8. The third-order valence-electron chi connectivity index (χ3n) is 5.29. The molecule has 2 saturated heterocycles. The first-order valence-corrected chi connectivity index (χ1v) is 9.67. The molecule has 1 unspecified atom stereocenters. The summed E-state index contributed by atoms with van der Waals surface area (Å²) < 4.78 is 5.49. The van der Waals surface area contributed by atoms with Crippen molar-refractivity contribution in [1.29, 1.82) is 0 Å². The minimum absolute atomic E-state index is 0. The summed E-state index contributed by atoms with van der Waals surface area (Å²) in [4.78, 5) is 16.9. The zero-order valence-electron chi connectivity index (χ0n) is 16.2. The summed E-state index contributed by atoms with van der Waals surface area (Å²) in [6, 6.07) is 8.35. The van der Waals surface area contributed by atoms with Crippen molar-refractivity contribution in [2.75, 3.05) is 45.9 Å². The molecule has 0 aliphatic carbocycles. The largest absolute Gasteiger partial charge is 0.494 e. The number of nitrogens with one attached hydrogen (secondary N) is 1. The maximum absolute atomic E-state index is 12.4. The Bertz CT molecular complexity index is 543. The monoisotopic (exact) mass is 417 g/mol. The van der Waals surface area contributed by atoms with E-state index in [0.29, 0.717) is 24.9 Å². The topological polar surface area (TPSA) is 44.8 Å². The van der Waals surface area contributed by atoms with Crippen molar-refractivity contribution in [2.24, 2.45) is 5.92 Å². The molecule has 0 spiro atoms. The number of carbonyl (C=O) groups excluding carboxylic acids is 1. The summed E-state index contributed by atoms with van der Waals surface area (Å²) in [5, 5.41) is 3.38. The van der Waals surface area contributed by atoms with Crippen LogP contribution in [0.25, 0.3) is 0 Å². The summed E-state index contributed by atoms with van der Waals surface area (Å²) in [6.45, 7) is 9.49. The lowest BCUT2D eigenvalue weighted by Crippen LogP contribution is -2.48. The van der Waals surface area contributed by atoms with Gasteiger partial charge in [-0.15, -0.1) is 24.8 Å². The van der Waals surface area contributed by atoms with Crippen LogP contribution in [0.15, 0.2) is 24.3 Å². The Hall–Kier alpha value is -1.01. The predicted octanol–water partition coefficient (Wildman–Crippen LogP) is 2.96. The Morgan fingerprint density at radius 1 is 1.15 bits per heavy atom. The van der Waals surface area contributed by atoms with E-state index in [0.717, 1.165) is 58.0 Å². The van der Waals surface area contributed by atoms with Crippen molar-refractivity contribution in [3.8, 4) is 5.75 Å². The minimum Gasteiger partial charge on any atom is -0.494 e. The molecule has 5 nitrogen and oxygen atoms in total. The summed E-state index contributed by atoms with van der Waals surface area (Å²) in [6.07, 6.45) is 2.98. The van der Waals surface area contributed by atoms with Crippen molar-refractivity contribution in [1.82, 2.24) is 15.1 Å². The number of ether oxygens (including phenoxy) is 1. The Kier molecular flexibility index (Phi) is 11.1. The van der Waals surface area contributed by atoms with Gasteiger partial charge in [0.1, 0.15) is 5.75 Å². The van der Waals surface area contributed by atoms with E-state index in [1.807, 2.05) is 19.1 Å². The molecule has 2 aliphatic rings. The van der Waals surface area contributed by atoms with Crippen LogP contribution in [-0.4, -0.2) is 61.6 Å². The Morgan fingerprint density at radius 2 is 1.85 bits per heavy atom. The number of hydrogen-bond donors (Lipinski definition) is 1. The molecule has 2 fully saturated rings. The van der Waals surface area contributed by atoms with Crippen LogP contribution >= 0.6 is 24.8 Å². The first-order chi connectivity index (χ1) is 12.2. The molecule has 1 atom stereocenters. The molecule has 1 N–H and O–H groups in total. The van der Waals surface area contributed by atoms with E-state index in [9.17, 15) is 4.79 Å². The molecule has 1 aromatic rings. The molecule has 1 amide bonds. The molecule has 0 radical (unpaired) electrons. The average molecular weight is 418 g/mol.